The number of anilines is 1. The van der Waals surface area contributed by atoms with Gasteiger partial charge in [0.05, 0.1) is 6.61 Å². The standard InChI is InChI=1S/C19H28FN5O5/c1-6-30-17(29)22-13(18(2,3)4)15(27)23-19(9-11(20)10-19)14(26)16(28)21-12-7-8-25(5)24-12/h7-8,11,13H,6,9-10H2,1-5H3,(H,22,29)(H,23,27)(H,21,24,28)/t11?,13-,19?/m1/s1. The van der Waals surface area contributed by atoms with Crippen molar-refractivity contribution in [1.82, 2.24) is 20.4 Å². The highest BCUT2D eigenvalue weighted by Crippen LogP contribution is 2.36. The van der Waals surface area contributed by atoms with Crippen LogP contribution < -0.4 is 16.0 Å². The number of aryl methyl sites for hydroxylation is 1. The molecule has 1 aromatic rings. The van der Waals surface area contributed by atoms with Crippen LogP contribution in [-0.4, -0.2) is 57.8 Å². The van der Waals surface area contributed by atoms with Crippen molar-refractivity contribution in [3.05, 3.63) is 12.3 Å². The van der Waals surface area contributed by atoms with Crippen LogP contribution in [0.15, 0.2) is 12.3 Å². The molecule has 1 saturated carbocycles. The Balaban J connectivity index is 2.17. The zero-order valence-corrected chi connectivity index (χ0v) is 17.7. The molecule has 0 aromatic carbocycles. The number of carbonyl (C=O) groups excluding carboxylic acids is 4. The first-order chi connectivity index (χ1) is 13.9. The van der Waals surface area contributed by atoms with E-state index in [0.717, 1.165) is 0 Å². The lowest BCUT2D eigenvalue weighted by Crippen LogP contribution is -2.69. The number of nitrogens with one attached hydrogen (secondary N) is 3. The fraction of sp³-hybridized carbons (Fsp3) is 0.632. The van der Waals surface area contributed by atoms with E-state index in [1.165, 1.54) is 10.7 Å². The van der Waals surface area contributed by atoms with Crippen molar-refractivity contribution in [2.45, 2.75) is 58.3 Å². The first-order valence-corrected chi connectivity index (χ1v) is 9.63. The summed E-state index contributed by atoms with van der Waals surface area (Å²) in [6.07, 6.45) is -1.21. The van der Waals surface area contributed by atoms with E-state index in [-0.39, 0.29) is 25.3 Å². The summed E-state index contributed by atoms with van der Waals surface area (Å²) in [6, 6.07) is 0.423. The minimum atomic E-state index is -1.69. The van der Waals surface area contributed by atoms with Crippen LogP contribution in [0.2, 0.25) is 0 Å². The molecule has 0 saturated heterocycles. The second-order valence-electron chi connectivity index (χ2n) is 8.40. The number of alkyl carbamates (subject to hydrolysis) is 1. The van der Waals surface area contributed by atoms with Crippen LogP contribution in [0.5, 0.6) is 0 Å². The van der Waals surface area contributed by atoms with Crippen LogP contribution >= 0.6 is 0 Å². The molecule has 0 radical (unpaired) electrons. The zero-order chi connectivity index (χ0) is 22.7. The van der Waals surface area contributed by atoms with E-state index in [2.05, 4.69) is 21.0 Å². The van der Waals surface area contributed by atoms with E-state index in [0.29, 0.717) is 0 Å². The highest BCUT2D eigenvalue weighted by Gasteiger charge is 2.55. The molecule has 1 fully saturated rings. The third-order valence-electron chi connectivity index (χ3n) is 4.76. The predicted octanol–water partition coefficient (Wildman–Crippen LogP) is 1.08. The molecule has 0 aliphatic heterocycles. The van der Waals surface area contributed by atoms with E-state index in [1.54, 1.807) is 40.9 Å². The Kier molecular flexibility index (Phi) is 6.84. The summed E-state index contributed by atoms with van der Waals surface area (Å²) < 4.78 is 20.0. The van der Waals surface area contributed by atoms with Gasteiger partial charge < -0.3 is 20.7 Å². The molecule has 11 heteroatoms. The van der Waals surface area contributed by atoms with Gasteiger partial charge in [-0.2, -0.15) is 5.10 Å². The van der Waals surface area contributed by atoms with Crippen LogP contribution in [0.25, 0.3) is 0 Å². The van der Waals surface area contributed by atoms with Gasteiger partial charge in [0.15, 0.2) is 5.82 Å². The van der Waals surface area contributed by atoms with Crippen LogP contribution in [-0.2, 0) is 26.2 Å². The van der Waals surface area contributed by atoms with E-state index in [1.807, 2.05) is 0 Å². The lowest BCUT2D eigenvalue weighted by Gasteiger charge is -2.44. The van der Waals surface area contributed by atoms with E-state index >= 15 is 0 Å². The van der Waals surface area contributed by atoms with Gasteiger partial charge in [0.2, 0.25) is 11.7 Å². The van der Waals surface area contributed by atoms with Gasteiger partial charge in [0.25, 0.3) is 5.91 Å². The lowest BCUT2D eigenvalue weighted by molar-refractivity contribution is -0.146. The van der Waals surface area contributed by atoms with Crippen LogP contribution in [0.1, 0.15) is 40.5 Å². The fourth-order valence-electron chi connectivity index (χ4n) is 3.19. The molecule has 1 aliphatic carbocycles. The Labute approximate surface area is 173 Å². The molecule has 30 heavy (non-hydrogen) atoms. The molecule has 1 aliphatic rings. The number of halogens is 1. The Morgan fingerprint density at radius 2 is 1.97 bits per heavy atom. The summed E-state index contributed by atoms with van der Waals surface area (Å²) in [7, 11) is 1.64. The number of ether oxygens (including phenoxy) is 1. The smallest absolute Gasteiger partial charge is 0.407 e. The molecule has 10 nitrogen and oxygen atoms in total. The molecule has 1 atom stereocenters. The average molecular weight is 425 g/mol. The third-order valence-corrected chi connectivity index (χ3v) is 4.76. The van der Waals surface area contributed by atoms with Crippen molar-refractivity contribution in [1.29, 1.82) is 0 Å². The number of Topliss-reactive ketones (excluding diaryl/α,β-unsaturated/α-hetero) is 1. The highest BCUT2D eigenvalue weighted by molar-refractivity contribution is 6.44. The maximum absolute atomic E-state index is 13.7. The number of aromatic nitrogens is 2. The van der Waals surface area contributed by atoms with E-state index < -0.39 is 46.9 Å². The van der Waals surface area contributed by atoms with Gasteiger partial charge in [0.1, 0.15) is 17.8 Å². The second-order valence-corrected chi connectivity index (χ2v) is 8.40. The van der Waals surface area contributed by atoms with Crippen molar-refractivity contribution in [2.75, 3.05) is 11.9 Å². The quantitative estimate of drug-likeness (QED) is 0.560. The molecule has 3 N–H and O–H groups in total. The molecule has 3 amide bonds. The Morgan fingerprint density at radius 3 is 2.43 bits per heavy atom. The van der Waals surface area contributed by atoms with Gasteiger partial charge in [0, 0.05) is 32.2 Å². The molecule has 0 unspecified atom stereocenters. The number of hydrogen-bond acceptors (Lipinski definition) is 6. The molecular weight excluding hydrogens is 397 g/mol. The van der Waals surface area contributed by atoms with Crippen molar-refractivity contribution >= 4 is 29.5 Å². The van der Waals surface area contributed by atoms with Gasteiger partial charge in [-0.15, -0.1) is 0 Å². The fourth-order valence-corrected chi connectivity index (χ4v) is 3.19. The van der Waals surface area contributed by atoms with Crippen LogP contribution in [0.4, 0.5) is 15.0 Å². The molecule has 0 bridgehead atoms. The van der Waals surface area contributed by atoms with Gasteiger partial charge in [-0.3, -0.25) is 19.1 Å². The number of alkyl halides is 1. The second kappa shape index (κ2) is 8.80. The number of nitrogens with zero attached hydrogens (tertiary/aromatic N) is 2. The largest absolute Gasteiger partial charge is 0.450 e. The predicted molar refractivity (Wildman–Crippen MR) is 105 cm³/mol. The Bertz CT molecular complexity index is 826. The summed E-state index contributed by atoms with van der Waals surface area (Å²) in [5, 5.41) is 11.3. The summed E-state index contributed by atoms with van der Waals surface area (Å²) in [4.78, 5) is 50.0. The van der Waals surface area contributed by atoms with Gasteiger partial charge >= 0.3 is 6.09 Å². The van der Waals surface area contributed by atoms with Gasteiger partial charge in [-0.25, -0.2) is 9.18 Å². The zero-order valence-electron chi connectivity index (χ0n) is 17.7. The van der Waals surface area contributed by atoms with E-state index in [4.69, 9.17) is 4.74 Å². The maximum Gasteiger partial charge on any atom is 0.407 e. The highest BCUT2D eigenvalue weighted by atomic mass is 19.1. The Hall–Kier alpha value is -2.98. The normalized spacial score (nSPS) is 21.7. The SMILES string of the molecule is CCOC(=O)N[C@H](C(=O)NC1(C(=O)C(=O)Nc2ccn(C)n2)CC(F)C1)C(C)(C)C. The first kappa shape index (κ1) is 23.3. The topological polar surface area (TPSA) is 131 Å². The van der Waals surface area contributed by atoms with E-state index in [9.17, 15) is 23.6 Å². The van der Waals surface area contributed by atoms with Crippen molar-refractivity contribution in [3.8, 4) is 0 Å². The first-order valence-electron chi connectivity index (χ1n) is 9.63. The molecule has 2 rings (SSSR count). The van der Waals surface area contributed by atoms with Crippen molar-refractivity contribution in [2.24, 2.45) is 12.5 Å². The van der Waals surface area contributed by atoms with Gasteiger partial charge in [-0.1, -0.05) is 20.8 Å². The number of ketones is 1. The monoisotopic (exact) mass is 425 g/mol. The summed E-state index contributed by atoms with van der Waals surface area (Å²) >= 11 is 0. The van der Waals surface area contributed by atoms with Crippen molar-refractivity contribution < 1.29 is 28.3 Å². The van der Waals surface area contributed by atoms with Crippen LogP contribution in [0, 0.1) is 5.41 Å². The lowest BCUT2D eigenvalue weighted by atomic mass is 9.71. The van der Waals surface area contributed by atoms with Crippen molar-refractivity contribution in [3.63, 3.8) is 0 Å². The average Bonchev–Trinajstić information content (AvgIpc) is 3.01. The molecule has 1 heterocycles. The summed E-state index contributed by atoms with van der Waals surface area (Å²) in [5.41, 5.74) is -2.43. The maximum atomic E-state index is 13.7. The number of hydrogen-bond donors (Lipinski definition) is 3. The summed E-state index contributed by atoms with van der Waals surface area (Å²) in [5.74, 6) is -2.53. The molecular formula is C19H28FN5O5. The molecule has 166 valence electrons. The number of carbonyl (C=O) groups is 4. The number of rotatable bonds is 7. The Morgan fingerprint density at radius 1 is 1.33 bits per heavy atom. The minimum absolute atomic E-state index is 0.115. The molecule has 1 aromatic heterocycles. The minimum Gasteiger partial charge on any atom is -0.450 e. The third kappa shape index (κ3) is 5.33. The number of amides is 3. The van der Waals surface area contributed by atoms with Crippen LogP contribution in [0.3, 0.4) is 0 Å². The molecule has 0 spiro atoms. The van der Waals surface area contributed by atoms with Gasteiger partial charge in [-0.05, 0) is 12.3 Å². The summed E-state index contributed by atoms with van der Waals surface area (Å²) in [6.45, 7) is 6.87.